The summed E-state index contributed by atoms with van der Waals surface area (Å²) in [6.07, 6.45) is 28.8. The molecular weight excluding hydrogens is 725 g/mol. The smallest absolute Gasteiger partial charge is 0.269 e. The zero-order chi connectivity index (χ0) is 41.2. The van der Waals surface area contributed by atoms with Gasteiger partial charge in [0.2, 0.25) is 0 Å². The molecule has 2 saturated carbocycles. The van der Waals surface area contributed by atoms with E-state index >= 15 is 0 Å². The number of nitrogens with zero attached hydrogens (tertiary/aromatic N) is 2. The Morgan fingerprint density at radius 3 is 0.966 bits per heavy atom. The second-order valence-electron chi connectivity index (χ2n) is 17.5. The predicted octanol–water partition coefficient (Wildman–Crippen LogP) is 9.99. The third-order valence-corrected chi connectivity index (χ3v) is 12.5. The van der Waals surface area contributed by atoms with Crippen LogP contribution in [0.25, 0.3) is 0 Å². The number of rotatable bonds is 11. The molecule has 0 radical (unpaired) electrons. The largest absolute Gasteiger partial charge is 0.351 e. The van der Waals surface area contributed by atoms with Crippen molar-refractivity contribution >= 4 is 23.6 Å². The van der Waals surface area contributed by atoms with Crippen molar-refractivity contribution in [2.24, 2.45) is 23.7 Å². The van der Waals surface area contributed by atoms with Crippen molar-refractivity contribution in [1.82, 2.24) is 31.2 Å². The first kappa shape index (κ1) is 46.9. The fourth-order valence-electron chi connectivity index (χ4n) is 8.80. The molecule has 0 saturated heterocycles. The number of carbonyl (C=O) groups excluding carboxylic acids is 4. The number of nitrogens with one attached hydrogen (secondary N) is 4. The van der Waals surface area contributed by atoms with Gasteiger partial charge in [0.05, 0.1) is 0 Å². The number of aromatic nitrogens is 2. The number of amides is 4. The molecule has 0 aliphatic heterocycles. The maximum absolute atomic E-state index is 13.3. The van der Waals surface area contributed by atoms with Crippen LogP contribution in [-0.4, -0.2) is 59.8 Å². The van der Waals surface area contributed by atoms with Gasteiger partial charge in [-0.25, -0.2) is 9.97 Å². The quantitative estimate of drug-likeness (QED) is 0.178. The van der Waals surface area contributed by atoms with E-state index in [1.165, 1.54) is 64.2 Å². The maximum atomic E-state index is 13.3. The first-order valence-corrected chi connectivity index (χ1v) is 23.4. The summed E-state index contributed by atoms with van der Waals surface area (Å²) in [5.41, 5.74) is 1.14. The van der Waals surface area contributed by atoms with Gasteiger partial charge in [-0.15, -0.1) is 0 Å². The molecule has 2 fully saturated rings. The molecule has 0 bridgehead atoms. The molecule has 58 heavy (non-hydrogen) atoms. The van der Waals surface area contributed by atoms with Gasteiger partial charge < -0.3 is 21.3 Å². The van der Waals surface area contributed by atoms with Crippen LogP contribution in [-0.2, 0) is 0 Å². The first-order valence-electron chi connectivity index (χ1n) is 23.4. The lowest BCUT2D eigenvalue weighted by Crippen LogP contribution is -2.32. The molecule has 322 valence electrons. The summed E-state index contributed by atoms with van der Waals surface area (Å²) in [6, 6.07) is 10.2. The highest BCUT2D eigenvalue weighted by atomic mass is 16.2. The van der Waals surface area contributed by atoms with Crippen LogP contribution in [0.15, 0.2) is 36.4 Å². The van der Waals surface area contributed by atoms with Crippen LogP contribution in [0.5, 0.6) is 0 Å². The highest BCUT2D eigenvalue weighted by Crippen LogP contribution is 2.24. The Bertz CT molecular complexity index is 1480. The molecule has 0 spiro atoms. The van der Waals surface area contributed by atoms with E-state index in [4.69, 9.17) is 0 Å². The summed E-state index contributed by atoms with van der Waals surface area (Å²) in [4.78, 5) is 60.4. The van der Waals surface area contributed by atoms with E-state index in [1.54, 1.807) is 36.4 Å². The molecule has 2 aromatic rings. The van der Waals surface area contributed by atoms with Crippen LogP contribution < -0.4 is 21.3 Å². The summed E-state index contributed by atoms with van der Waals surface area (Å²) >= 11 is 0. The third-order valence-electron chi connectivity index (χ3n) is 12.5. The molecule has 4 N–H and O–H groups in total. The molecular formula is C48H76N6O4. The second-order valence-corrected chi connectivity index (χ2v) is 17.5. The molecule has 2 heterocycles. The summed E-state index contributed by atoms with van der Waals surface area (Å²) in [5, 5.41) is 12.1. The Morgan fingerprint density at radius 1 is 0.431 bits per heavy atom. The van der Waals surface area contributed by atoms with Crippen LogP contribution >= 0.6 is 0 Å². The van der Waals surface area contributed by atoms with E-state index in [9.17, 15) is 19.2 Å². The summed E-state index contributed by atoms with van der Waals surface area (Å²) in [7, 11) is 0. The monoisotopic (exact) mass is 801 g/mol. The fraction of sp³-hybridized carbons (Fsp3) is 0.708. The van der Waals surface area contributed by atoms with E-state index in [0.29, 0.717) is 55.3 Å². The van der Waals surface area contributed by atoms with Gasteiger partial charge in [0, 0.05) is 26.2 Å². The third kappa shape index (κ3) is 18.4. The van der Waals surface area contributed by atoms with Gasteiger partial charge in [0.25, 0.3) is 23.6 Å². The van der Waals surface area contributed by atoms with Crippen molar-refractivity contribution < 1.29 is 19.2 Å². The predicted molar refractivity (Wildman–Crippen MR) is 234 cm³/mol. The Hall–Kier alpha value is -3.82. The average molecular weight is 801 g/mol. The SMILES string of the molecule is CCNC(=O)c1cccc(C(=O)NC[C@H]2CCCCCC[C@@H](CNC(=O)c3cccc(C(=O)NC[C@H]4CCCCCC[C@@H](C)CCCCCC4)n3)CCCCCC2)n1. The molecule has 0 unspecified atom stereocenters. The maximum Gasteiger partial charge on any atom is 0.269 e. The Labute approximate surface area is 350 Å². The summed E-state index contributed by atoms with van der Waals surface area (Å²) in [5.74, 6) is 1.29. The van der Waals surface area contributed by atoms with Gasteiger partial charge >= 0.3 is 0 Å². The lowest BCUT2D eigenvalue weighted by atomic mass is 9.90. The van der Waals surface area contributed by atoms with Gasteiger partial charge in [0.1, 0.15) is 22.8 Å². The van der Waals surface area contributed by atoms with E-state index < -0.39 is 0 Å². The number of hydrogen-bond donors (Lipinski definition) is 4. The molecule has 0 aromatic carbocycles. The first-order chi connectivity index (χ1) is 28.3. The van der Waals surface area contributed by atoms with Crippen LogP contribution in [0, 0.1) is 23.7 Å². The second kappa shape index (κ2) is 27.8. The van der Waals surface area contributed by atoms with Gasteiger partial charge in [-0.1, -0.05) is 135 Å². The van der Waals surface area contributed by atoms with Crippen LogP contribution in [0.3, 0.4) is 0 Å². The van der Waals surface area contributed by atoms with Crippen LogP contribution in [0.2, 0.25) is 0 Å². The van der Waals surface area contributed by atoms with E-state index in [-0.39, 0.29) is 35.0 Å². The molecule has 2 aliphatic rings. The zero-order valence-corrected chi connectivity index (χ0v) is 36.1. The Morgan fingerprint density at radius 2 is 0.690 bits per heavy atom. The lowest BCUT2D eigenvalue weighted by Gasteiger charge is -2.20. The number of pyridine rings is 2. The molecule has 10 nitrogen and oxygen atoms in total. The Balaban J connectivity index is 1.17. The van der Waals surface area contributed by atoms with Crippen molar-refractivity contribution in [1.29, 1.82) is 0 Å². The zero-order valence-electron chi connectivity index (χ0n) is 36.1. The standard InChI is InChI=1S/C48H76N6O4/c1-3-49-45(55)41-30-20-31-42(53-41)46(56)50-35-39-26-16-8-10-18-28-40(29-19-11-9-17-27-39)36-52-48(58)44-33-21-32-43(54-44)47(57)51-34-38-24-14-6-4-12-22-37(2)23-13-5-7-15-25-38/h20-21,30-33,37-40H,3-19,22-29,34-36H2,1-2H3,(H,49,55)(H,50,56)(H,51,57)(H,52,58)/t37-,38+,39-,40+. The molecule has 0 atom stereocenters. The molecule has 2 aromatic heterocycles. The lowest BCUT2D eigenvalue weighted by molar-refractivity contribution is 0.0921. The van der Waals surface area contributed by atoms with Gasteiger partial charge in [-0.05, 0) is 93.4 Å². The van der Waals surface area contributed by atoms with Crippen molar-refractivity contribution in [3.8, 4) is 0 Å². The molecule has 2 aliphatic carbocycles. The van der Waals surface area contributed by atoms with Crippen molar-refractivity contribution in [2.75, 3.05) is 26.2 Å². The van der Waals surface area contributed by atoms with Crippen molar-refractivity contribution in [2.45, 2.75) is 168 Å². The van der Waals surface area contributed by atoms with Crippen molar-refractivity contribution in [3.05, 3.63) is 59.2 Å². The van der Waals surface area contributed by atoms with Crippen LogP contribution in [0.4, 0.5) is 0 Å². The number of hydrogen-bond acceptors (Lipinski definition) is 6. The van der Waals surface area contributed by atoms with E-state index in [2.05, 4.69) is 38.2 Å². The average Bonchev–Trinajstić information content (AvgIpc) is 3.24. The molecule has 4 amide bonds. The summed E-state index contributed by atoms with van der Waals surface area (Å²) in [6.45, 7) is 6.69. The minimum absolute atomic E-state index is 0.192. The molecule has 10 heteroatoms. The normalized spacial score (nSPS) is 22.6. The highest BCUT2D eigenvalue weighted by molar-refractivity contribution is 5.97. The van der Waals surface area contributed by atoms with E-state index in [1.807, 2.05) is 6.92 Å². The highest BCUT2D eigenvalue weighted by Gasteiger charge is 2.19. The van der Waals surface area contributed by atoms with Gasteiger partial charge in [0.15, 0.2) is 0 Å². The van der Waals surface area contributed by atoms with Crippen LogP contribution in [0.1, 0.15) is 210 Å². The van der Waals surface area contributed by atoms with Gasteiger partial charge in [-0.2, -0.15) is 0 Å². The summed E-state index contributed by atoms with van der Waals surface area (Å²) < 4.78 is 0. The van der Waals surface area contributed by atoms with E-state index in [0.717, 1.165) is 95.8 Å². The number of carbonyl (C=O) groups is 4. The Kier molecular flexibility index (Phi) is 22.5. The topological polar surface area (TPSA) is 142 Å². The minimum Gasteiger partial charge on any atom is -0.351 e. The fourth-order valence-corrected chi connectivity index (χ4v) is 8.80. The van der Waals surface area contributed by atoms with Gasteiger partial charge in [-0.3, -0.25) is 19.2 Å². The minimum atomic E-state index is -0.273. The van der Waals surface area contributed by atoms with Crippen molar-refractivity contribution in [3.63, 3.8) is 0 Å². The molecule has 4 rings (SSSR count).